The Morgan fingerprint density at radius 3 is 2.68 bits per heavy atom. The predicted octanol–water partition coefficient (Wildman–Crippen LogP) is 1.79. The first kappa shape index (κ1) is 17.6. The summed E-state index contributed by atoms with van der Waals surface area (Å²) in [6.07, 6.45) is 6.07. The lowest BCUT2D eigenvalue weighted by Gasteiger charge is -2.36. The second kappa shape index (κ2) is 8.27. The minimum Gasteiger partial charge on any atom is -0.396 e. The van der Waals surface area contributed by atoms with E-state index in [0.29, 0.717) is 11.7 Å². The molecule has 1 N–H and O–H groups in total. The molecule has 1 amide bonds. The standard InChI is InChI=1S/C19H26N4O2/c1-21(10-5-13-24)16-8-11-22(12-9-16)19(25)18-14-20-15-23(18)17-6-3-2-4-7-17/h2-4,6-7,14-16,24H,5,8-13H2,1H3. The van der Waals surface area contributed by atoms with E-state index in [1.54, 1.807) is 12.5 Å². The number of hydrogen-bond donors (Lipinski definition) is 1. The number of aromatic nitrogens is 2. The summed E-state index contributed by atoms with van der Waals surface area (Å²) in [5, 5.41) is 8.97. The number of para-hydroxylation sites is 1. The van der Waals surface area contributed by atoms with Gasteiger partial charge in [-0.05, 0) is 38.4 Å². The molecule has 134 valence electrons. The molecule has 1 aromatic carbocycles. The summed E-state index contributed by atoms with van der Waals surface area (Å²) >= 11 is 0. The van der Waals surface area contributed by atoms with Gasteiger partial charge >= 0.3 is 0 Å². The van der Waals surface area contributed by atoms with Crippen LogP contribution in [0.4, 0.5) is 0 Å². The van der Waals surface area contributed by atoms with Crippen LogP contribution in [0.3, 0.4) is 0 Å². The van der Waals surface area contributed by atoms with Crippen molar-refractivity contribution in [1.29, 1.82) is 0 Å². The fourth-order valence-corrected chi connectivity index (χ4v) is 3.42. The highest BCUT2D eigenvalue weighted by molar-refractivity contribution is 5.93. The largest absolute Gasteiger partial charge is 0.396 e. The van der Waals surface area contributed by atoms with E-state index in [9.17, 15) is 4.79 Å². The van der Waals surface area contributed by atoms with Crippen LogP contribution < -0.4 is 0 Å². The number of nitrogens with zero attached hydrogens (tertiary/aromatic N) is 4. The van der Waals surface area contributed by atoms with Crippen molar-refractivity contribution in [2.45, 2.75) is 25.3 Å². The van der Waals surface area contributed by atoms with E-state index in [0.717, 1.165) is 44.6 Å². The maximum atomic E-state index is 12.9. The van der Waals surface area contributed by atoms with Crippen LogP contribution >= 0.6 is 0 Å². The average molecular weight is 342 g/mol. The number of hydrogen-bond acceptors (Lipinski definition) is 4. The maximum absolute atomic E-state index is 12.9. The topological polar surface area (TPSA) is 61.6 Å². The molecule has 1 aliphatic rings. The SMILES string of the molecule is CN(CCCO)C1CCN(C(=O)c2cncn2-c2ccccc2)CC1. The van der Waals surface area contributed by atoms with Gasteiger partial charge in [-0.25, -0.2) is 4.98 Å². The highest BCUT2D eigenvalue weighted by Crippen LogP contribution is 2.19. The number of amides is 1. The van der Waals surface area contributed by atoms with E-state index >= 15 is 0 Å². The van der Waals surface area contributed by atoms with Crippen LogP contribution in [-0.2, 0) is 0 Å². The predicted molar refractivity (Wildman–Crippen MR) is 96.8 cm³/mol. The van der Waals surface area contributed by atoms with Crippen LogP contribution in [0.1, 0.15) is 29.8 Å². The number of imidazole rings is 1. The summed E-state index contributed by atoms with van der Waals surface area (Å²) in [5.41, 5.74) is 1.56. The Bertz CT molecular complexity index is 678. The van der Waals surface area contributed by atoms with Crippen LogP contribution in [0, 0.1) is 0 Å². The molecule has 2 heterocycles. The summed E-state index contributed by atoms with van der Waals surface area (Å²) in [4.78, 5) is 21.3. The number of rotatable bonds is 6. The molecule has 0 atom stereocenters. The van der Waals surface area contributed by atoms with Crippen LogP contribution in [0.15, 0.2) is 42.9 Å². The monoisotopic (exact) mass is 342 g/mol. The molecule has 2 aromatic rings. The minimum absolute atomic E-state index is 0.0396. The second-order valence-corrected chi connectivity index (χ2v) is 6.57. The van der Waals surface area contributed by atoms with Gasteiger partial charge in [-0.2, -0.15) is 0 Å². The number of likely N-dealkylation sites (tertiary alicyclic amines) is 1. The van der Waals surface area contributed by atoms with Gasteiger partial charge in [0.1, 0.15) is 5.69 Å². The number of benzene rings is 1. The van der Waals surface area contributed by atoms with Crippen molar-refractivity contribution in [3.8, 4) is 5.69 Å². The van der Waals surface area contributed by atoms with Crippen LogP contribution in [0.2, 0.25) is 0 Å². The van der Waals surface area contributed by atoms with E-state index in [2.05, 4.69) is 16.9 Å². The first-order valence-corrected chi connectivity index (χ1v) is 8.89. The molecule has 1 aromatic heterocycles. The lowest BCUT2D eigenvalue weighted by molar-refractivity contribution is 0.0633. The number of aliphatic hydroxyl groups excluding tert-OH is 1. The lowest BCUT2D eigenvalue weighted by Crippen LogP contribution is -2.46. The summed E-state index contributed by atoms with van der Waals surface area (Å²) in [5.74, 6) is 0.0396. The molecule has 25 heavy (non-hydrogen) atoms. The number of piperidine rings is 1. The minimum atomic E-state index is 0.0396. The molecule has 6 heteroatoms. The molecule has 0 saturated carbocycles. The van der Waals surface area contributed by atoms with Gasteiger partial charge in [0.15, 0.2) is 0 Å². The first-order valence-electron chi connectivity index (χ1n) is 8.89. The van der Waals surface area contributed by atoms with Crippen molar-refractivity contribution in [3.05, 3.63) is 48.5 Å². The fraction of sp³-hybridized carbons (Fsp3) is 0.474. The van der Waals surface area contributed by atoms with Gasteiger partial charge < -0.3 is 14.9 Å². The fourth-order valence-electron chi connectivity index (χ4n) is 3.42. The maximum Gasteiger partial charge on any atom is 0.272 e. The number of carbonyl (C=O) groups excluding carboxylic acids is 1. The third kappa shape index (κ3) is 4.08. The summed E-state index contributed by atoms with van der Waals surface area (Å²) < 4.78 is 1.85. The molecule has 0 bridgehead atoms. The van der Waals surface area contributed by atoms with E-state index < -0.39 is 0 Å². The molecule has 0 unspecified atom stereocenters. The van der Waals surface area contributed by atoms with Gasteiger partial charge in [0, 0.05) is 38.0 Å². The van der Waals surface area contributed by atoms with Crippen LogP contribution in [0.25, 0.3) is 5.69 Å². The Morgan fingerprint density at radius 2 is 2.00 bits per heavy atom. The number of carbonyl (C=O) groups is 1. The smallest absolute Gasteiger partial charge is 0.272 e. The highest BCUT2D eigenvalue weighted by Gasteiger charge is 2.27. The zero-order valence-electron chi connectivity index (χ0n) is 14.7. The molecule has 0 radical (unpaired) electrons. The third-order valence-corrected chi connectivity index (χ3v) is 4.94. The Balaban J connectivity index is 1.63. The van der Waals surface area contributed by atoms with Gasteiger partial charge in [0.05, 0.1) is 12.5 Å². The quantitative estimate of drug-likeness (QED) is 0.869. The van der Waals surface area contributed by atoms with Crippen LogP contribution in [0.5, 0.6) is 0 Å². The first-order chi connectivity index (χ1) is 12.2. The van der Waals surface area contributed by atoms with Gasteiger partial charge in [-0.15, -0.1) is 0 Å². The molecule has 0 spiro atoms. The van der Waals surface area contributed by atoms with Crippen molar-refractivity contribution in [3.63, 3.8) is 0 Å². The Morgan fingerprint density at radius 1 is 1.28 bits per heavy atom. The Hall–Kier alpha value is -2.18. The number of aliphatic hydroxyl groups is 1. The van der Waals surface area contributed by atoms with E-state index in [-0.39, 0.29) is 12.5 Å². The molecule has 6 nitrogen and oxygen atoms in total. The Labute approximate surface area is 148 Å². The van der Waals surface area contributed by atoms with Crippen molar-refractivity contribution >= 4 is 5.91 Å². The van der Waals surface area contributed by atoms with Gasteiger partial charge in [0.25, 0.3) is 5.91 Å². The molecule has 0 aliphatic carbocycles. The lowest BCUT2D eigenvalue weighted by atomic mass is 10.0. The Kier molecular flexibility index (Phi) is 5.83. The molecule has 1 aliphatic heterocycles. The molecule has 1 fully saturated rings. The zero-order chi connectivity index (χ0) is 17.6. The van der Waals surface area contributed by atoms with Crippen LogP contribution in [-0.4, -0.2) is 69.7 Å². The highest BCUT2D eigenvalue weighted by atomic mass is 16.3. The molecular weight excluding hydrogens is 316 g/mol. The van der Waals surface area contributed by atoms with Gasteiger partial charge in [-0.1, -0.05) is 18.2 Å². The van der Waals surface area contributed by atoms with Crippen molar-refractivity contribution in [1.82, 2.24) is 19.4 Å². The van der Waals surface area contributed by atoms with E-state index in [4.69, 9.17) is 5.11 Å². The van der Waals surface area contributed by atoms with E-state index in [1.807, 2.05) is 39.8 Å². The summed E-state index contributed by atoms with van der Waals surface area (Å²) in [6.45, 7) is 2.64. The van der Waals surface area contributed by atoms with Crippen molar-refractivity contribution < 1.29 is 9.90 Å². The zero-order valence-corrected chi connectivity index (χ0v) is 14.7. The van der Waals surface area contributed by atoms with Gasteiger partial charge in [0.2, 0.25) is 0 Å². The normalized spacial score (nSPS) is 15.7. The molecule has 1 saturated heterocycles. The molecule has 3 rings (SSSR count). The third-order valence-electron chi connectivity index (χ3n) is 4.94. The second-order valence-electron chi connectivity index (χ2n) is 6.57. The van der Waals surface area contributed by atoms with Crippen molar-refractivity contribution in [2.75, 3.05) is 33.3 Å². The summed E-state index contributed by atoms with van der Waals surface area (Å²) in [6, 6.07) is 10.3. The van der Waals surface area contributed by atoms with Gasteiger partial charge in [-0.3, -0.25) is 9.36 Å². The average Bonchev–Trinajstić information content (AvgIpc) is 3.16. The van der Waals surface area contributed by atoms with Crippen molar-refractivity contribution in [2.24, 2.45) is 0 Å². The summed E-state index contributed by atoms with van der Waals surface area (Å²) in [7, 11) is 2.10. The molecular formula is C19H26N4O2. The van der Waals surface area contributed by atoms with E-state index in [1.165, 1.54) is 0 Å².